The van der Waals surface area contributed by atoms with Crippen molar-refractivity contribution in [2.24, 2.45) is 0 Å². The third-order valence-electron chi connectivity index (χ3n) is 8.54. The Kier molecular flexibility index (Phi) is 7.02. The van der Waals surface area contributed by atoms with E-state index in [0.717, 1.165) is 23.1 Å². The highest BCUT2D eigenvalue weighted by Crippen LogP contribution is 2.43. The Labute approximate surface area is 259 Å². The number of aromatic amines is 1. The largest absolute Gasteiger partial charge is 0.507 e. The maximum Gasteiger partial charge on any atom is 0.263 e. The molecule has 0 aliphatic carbocycles. The van der Waals surface area contributed by atoms with Crippen LogP contribution in [0, 0.1) is 0 Å². The van der Waals surface area contributed by atoms with Crippen LogP contribution in [0.3, 0.4) is 0 Å². The molecule has 6 nitrogen and oxygen atoms in total. The number of para-hydroxylation sites is 3. The summed E-state index contributed by atoms with van der Waals surface area (Å²) in [5, 5.41) is 24.7. The second kappa shape index (κ2) is 11.3. The van der Waals surface area contributed by atoms with Crippen LogP contribution in [-0.4, -0.2) is 19.8 Å². The predicted molar refractivity (Wildman–Crippen MR) is 180 cm³/mol. The standard InChI is InChI=1S/C39H30N2O4/c1-2-24-20-22-26(23-21-24)32(33-37(43)30-18-11-17-28(35(30)40-38(33)44)25-12-5-3-6-13-25)34-36(42)29-16-9-10-19-31(29)41(39(34)45)27-14-7-4-8-15-27/h3-23,32,42H,2H2,1H3,(H2,40,43,44). The second-order valence-electron chi connectivity index (χ2n) is 11.1. The van der Waals surface area contributed by atoms with Crippen molar-refractivity contribution in [1.29, 1.82) is 0 Å². The Morgan fingerprint density at radius 2 is 1.29 bits per heavy atom. The molecule has 0 saturated carbocycles. The average Bonchev–Trinajstić information content (AvgIpc) is 3.08. The molecule has 0 radical (unpaired) electrons. The number of nitrogens with zero attached hydrogens (tertiary/aromatic N) is 1. The zero-order valence-electron chi connectivity index (χ0n) is 24.6. The average molecular weight is 591 g/mol. The SMILES string of the molecule is CCc1ccc(C(c2c(O)c3cccc(-c4ccccc4)c3[nH]c2=O)c2c(O)c3ccccc3n(-c3ccccc3)c2=O)cc1. The minimum Gasteiger partial charge on any atom is -0.507 e. The minimum absolute atomic E-state index is 0.00108. The number of aryl methyl sites for hydroxylation is 1. The fourth-order valence-electron chi connectivity index (χ4n) is 6.31. The Morgan fingerprint density at radius 1 is 0.667 bits per heavy atom. The highest BCUT2D eigenvalue weighted by Gasteiger charge is 2.32. The third kappa shape index (κ3) is 4.68. The van der Waals surface area contributed by atoms with E-state index < -0.39 is 17.0 Å². The van der Waals surface area contributed by atoms with Crippen LogP contribution in [0.5, 0.6) is 11.5 Å². The Hall–Kier alpha value is -5.88. The number of hydrogen-bond donors (Lipinski definition) is 3. The summed E-state index contributed by atoms with van der Waals surface area (Å²) in [6.45, 7) is 2.05. The topological polar surface area (TPSA) is 95.3 Å². The molecule has 7 rings (SSSR count). The fourth-order valence-corrected chi connectivity index (χ4v) is 6.31. The van der Waals surface area contributed by atoms with E-state index >= 15 is 0 Å². The van der Waals surface area contributed by atoms with E-state index in [2.05, 4.69) is 4.98 Å². The first-order valence-electron chi connectivity index (χ1n) is 14.9. The molecule has 0 bridgehead atoms. The summed E-state index contributed by atoms with van der Waals surface area (Å²) in [5.41, 5.74) is 3.89. The molecule has 0 saturated heterocycles. The van der Waals surface area contributed by atoms with Crippen molar-refractivity contribution < 1.29 is 10.2 Å². The van der Waals surface area contributed by atoms with Gasteiger partial charge in [0.25, 0.3) is 11.1 Å². The lowest BCUT2D eigenvalue weighted by Gasteiger charge is -2.23. The number of hydrogen-bond acceptors (Lipinski definition) is 4. The van der Waals surface area contributed by atoms with Crippen molar-refractivity contribution >= 4 is 21.8 Å². The molecular formula is C39H30N2O4. The van der Waals surface area contributed by atoms with Gasteiger partial charge < -0.3 is 15.2 Å². The van der Waals surface area contributed by atoms with Crippen LogP contribution in [0.15, 0.2) is 137 Å². The second-order valence-corrected chi connectivity index (χ2v) is 11.1. The molecular weight excluding hydrogens is 560 g/mol. The van der Waals surface area contributed by atoms with E-state index in [-0.39, 0.29) is 22.6 Å². The van der Waals surface area contributed by atoms with Crippen LogP contribution in [-0.2, 0) is 6.42 Å². The summed E-state index contributed by atoms with van der Waals surface area (Å²) in [5.74, 6) is -1.56. The number of benzene rings is 5. The zero-order chi connectivity index (χ0) is 31.1. The molecule has 0 aliphatic heterocycles. The highest BCUT2D eigenvalue weighted by atomic mass is 16.3. The van der Waals surface area contributed by atoms with Gasteiger partial charge in [0.15, 0.2) is 0 Å². The van der Waals surface area contributed by atoms with Gasteiger partial charge in [-0.05, 0) is 53.4 Å². The number of pyridine rings is 2. The summed E-state index contributed by atoms with van der Waals surface area (Å²) < 4.78 is 1.55. The predicted octanol–water partition coefficient (Wildman–Crippen LogP) is 7.65. The van der Waals surface area contributed by atoms with Gasteiger partial charge in [0.1, 0.15) is 11.5 Å². The van der Waals surface area contributed by atoms with E-state index in [9.17, 15) is 19.8 Å². The summed E-state index contributed by atoms with van der Waals surface area (Å²) in [4.78, 5) is 31.9. The lowest BCUT2D eigenvalue weighted by molar-refractivity contribution is 0.462. The molecule has 2 aromatic heterocycles. The van der Waals surface area contributed by atoms with E-state index in [1.165, 1.54) is 0 Å². The number of aromatic nitrogens is 2. The van der Waals surface area contributed by atoms with Crippen LogP contribution < -0.4 is 11.1 Å². The quantitative estimate of drug-likeness (QED) is 0.185. The molecule has 0 fully saturated rings. The van der Waals surface area contributed by atoms with Gasteiger partial charge in [0.05, 0.1) is 28.1 Å². The number of fused-ring (bicyclic) bond motifs is 2. The highest BCUT2D eigenvalue weighted by molar-refractivity contribution is 5.97. The first-order valence-corrected chi connectivity index (χ1v) is 14.9. The molecule has 2 heterocycles. The number of H-pyrrole nitrogens is 1. The molecule has 0 spiro atoms. The maximum absolute atomic E-state index is 14.6. The van der Waals surface area contributed by atoms with Crippen LogP contribution in [0.4, 0.5) is 0 Å². The molecule has 1 atom stereocenters. The van der Waals surface area contributed by atoms with E-state index in [1.807, 2.05) is 110 Å². The van der Waals surface area contributed by atoms with Gasteiger partial charge in [0.2, 0.25) is 0 Å². The number of rotatable bonds is 6. The van der Waals surface area contributed by atoms with Gasteiger partial charge in [-0.3, -0.25) is 14.2 Å². The van der Waals surface area contributed by atoms with E-state index in [0.29, 0.717) is 33.1 Å². The molecule has 1 unspecified atom stereocenters. The normalized spacial score (nSPS) is 12.0. The van der Waals surface area contributed by atoms with Crippen LogP contribution >= 0.6 is 0 Å². The number of aromatic hydroxyl groups is 2. The Bertz CT molecular complexity index is 2310. The zero-order valence-corrected chi connectivity index (χ0v) is 24.6. The summed E-state index contributed by atoms with van der Waals surface area (Å²) in [6, 6.07) is 39.0. The molecule has 7 aromatic rings. The van der Waals surface area contributed by atoms with Crippen molar-refractivity contribution in [1.82, 2.24) is 9.55 Å². The Morgan fingerprint density at radius 3 is 2.00 bits per heavy atom. The summed E-state index contributed by atoms with van der Waals surface area (Å²) in [6.07, 6.45) is 0.803. The maximum atomic E-state index is 14.6. The van der Waals surface area contributed by atoms with Crippen molar-refractivity contribution in [2.75, 3.05) is 0 Å². The molecule has 0 aliphatic rings. The molecule has 45 heavy (non-hydrogen) atoms. The first kappa shape index (κ1) is 27.9. The van der Waals surface area contributed by atoms with Gasteiger partial charge in [-0.15, -0.1) is 0 Å². The van der Waals surface area contributed by atoms with Crippen molar-refractivity contribution in [3.05, 3.63) is 170 Å². The van der Waals surface area contributed by atoms with Gasteiger partial charge in [-0.1, -0.05) is 104 Å². The lowest BCUT2D eigenvalue weighted by Crippen LogP contribution is -2.28. The number of nitrogens with one attached hydrogen (secondary N) is 1. The fraction of sp³-hybridized carbons (Fsp3) is 0.0769. The first-order chi connectivity index (χ1) is 22.0. The van der Waals surface area contributed by atoms with Crippen LogP contribution in [0.2, 0.25) is 0 Å². The summed E-state index contributed by atoms with van der Waals surface area (Å²) in [7, 11) is 0. The van der Waals surface area contributed by atoms with E-state index in [1.54, 1.807) is 28.8 Å². The molecule has 3 N–H and O–H groups in total. The minimum atomic E-state index is -1.09. The van der Waals surface area contributed by atoms with Crippen LogP contribution in [0.1, 0.15) is 35.1 Å². The smallest absolute Gasteiger partial charge is 0.263 e. The molecule has 6 heteroatoms. The molecule has 220 valence electrons. The van der Waals surface area contributed by atoms with Gasteiger partial charge in [-0.25, -0.2) is 0 Å². The van der Waals surface area contributed by atoms with Gasteiger partial charge in [0, 0.05) is 22.0 Å². The third-order valence-corrected chi connectivity index (χ3v) is 8.54. The monoisotopic (exact) mass is 590 g/mol. The molecule has 0 amide bonds. The lowest BCUT2D eigenvalue weighted by atomic mass is 9.83. The van der Waals surface area contributed by atoms with Crippen LogP contribution in [0.25, 0.3) is 38.6 Å². The van der Waals surface area contributed by atoms with E-state index in [4.69, 9.17) is 0 Å². The summed E-state index contributed by atoms with van der Waals surface area (Å²) >= 11 is 0. The Balaban J connectivity index is 1.59. The molecule has 5 aromatic carbocycles. The van der Waals surface area contributed by atoms with Gasteiger partial charge in [-0.2, -0.15) is 0 Å². The van der Waals surface area contributed by atoms with Crippen molar-refractivity contribution in [3.8, 4) is 28.3 Å². The van der Waals surface area contributed by atoms with Gasteiger partial charge >= 0.3 is 0 Å². The van der Waals surface area contributed by atoms with Crippen molar-refractivity contribution in [3.63, 3.8) is 0 Å². The van der Waals surface area contributed by atoms with Crippen molar-refractivity contribution in [2.45, 2.75) is 19.3 Å².